The molecule has 4 heterocycles. The van der Waals surface area contributed by atoms with Crippen LogP contribution >= 0.6 is 15.9 Å². The number of pyridine rings is 1. The van der Waals surface area contributed by atoms with Crippen molar-refractivity contribution in [2.75, 3.05) is 13.2 Å². The molecule has 2 amide bonds. The lowest BCUT2D eigenvalue weighted by Crippen LogP contribution is -2.45. The molecule has 2 fully saturated rings. The van der Waals surface area contributed by atoms with Gasteiger partial charge in [-0.3, -0.25) is 19.1 Å². The lowest BCUT2D eigenvalue weighted by atomic mass is 9.96. The highest BCUT2D eigenvalue weighted by Gasteiger charge is 2.64. The van der Waals surface area contributed by atoms with Crippen molar-refractivity contribution in [3.05, 3.63) is 63.5 Å². The Labute approximate surface area is 256 Å². The molecule has 2 aromatic heterocycles. The van der Waals surface area contributed by atoms with E-state index in [1.807, 2.05) is 19.1 Å². The quantitative estimate of drug-likeness (QED) is 0.240. The van der Waals surface area contributed by atoms with E-state index < -0.39 is 12.1 Å². The average molecular weight is 651 g/mol. The summed E-state index contributed by atoms with van der Waals surface area (Å²) in [5.41, 5.74) is 2.82. The average Bonchev–Trinajstić information content (AvgIpc) is 3.30. The molecule has 6 rings (SSSR count). The molecule has 12 heteroatoms. The van der Waals surface area contributed by atoms with Crippen LogP contribution in [0.4, 0.5) is 4.79 Å². The molecule has 3 atom stereocenters. The Hall–Kier alpha value is -3.90. The van der Waals surface area contributed by atoms with Crippen LogP contribution in [0.3, 0.4) is 0 Å². The molecular weight excluding hydrogens is 618 g/mol. The minimum Gasteiger partial charge on any atom is -0.410 e. The highest BCUT2D eigenvalue weighted by Crippen LogP contribution is 2.59. The number of ketones is 2. The Bertz CT molecular complexity index is 1700. The van der Waals surface area contributed by atoms with E-state index in [0.29, 0.717) is 39.8 Å². The third kappa shape index (κ3) is 5.73. The van der Waals surface area contributed by atoms with Crippen LogP contribution < -0.4 is 10.1 Å². The monoisotopic (exact) mass is 649 g/mol. The number of hydrogen-bond acceptors (Lipinski definition) is 8. The third-order valence-corrected chi connectivity index (χ3v) is 8.97. The molecule has 224 valence electrons. The number of likely N-dealkylation sites (tertiary alicyclic amines) is 1. The van der Waals surface area contributed by atoms with Gasteiger partial charge in [0.15, 0.2) is 11.6 Å². The normalized spacial score (nSPS) is 23.9. The van der Waals surface area contributed by atoms with Crippen LogP contribution in [0.15, 0.2) is 41.0 Å². The molecule has 1 aliphatic carbocycles. The van der Waals surface area contributed by atoms with Gasteiger partial charge in [0.25, 0.3) is 0 Å². The fraction of sp³-hybridized carbons (Fsp3) is 0.419. The van der Waals surface area contributed by atoms with E-state index in [1.54, 1.807) is 29.2 Å². The van der Waals surface area contributed by atoms with E-state index in [9.17, 15) is 19.2 Å². The molecule has 1 saturated heterocycles. The number of ether oxygens (including phenoxy) is 2. The summed E-state index contributed by atoms with van der Waals surface area (Å²) < 4.78 is 13.5. The van der Waals surface area contributed by atoms with Gasteiger partial charge in [0.1, 0.15) is 22.6 Å². The molecule has 43 heavy (non-hydrogen) atoms. The van der Waals surface area contributed by atoms with Crippen LogP contribution in [-0.2, 0) is 33.9 Å². The molecule has 3 aromatic rings. The molecule has 3 aliphatic rings. The number of amides is 2. The van der Waals surface area contributed by atoms with Crippen LogP contribution in [0.25, 0.3) is 10.9 Å². The van der Waals surface area contributed by atoms with Crippen LogP contribution in [0.2, 0.25) is 0 Å². The van der Waals surface area contributed by atoms with Crippen molar-refractivity contribution in [2.45, 2.75) is 65.3 Å². The zero-order valence-corrected chi connectivity index (χ0v) is 25.8. The second-order valence-electron chi connectivity index (χ2n) is 11.7. The van der Waals surface area contributed by atoms with Gasteiger partial charge in [-0.1, -0.05) is 25.1 Å². The predicted molar refractivity (Wildman–Crippen MR) is 160 cm³/mol. The smallest absolute Gasteiger partial charge is 0.410 e. The fourth-order valence-electron chi connectivity index (χ4n) is 6.22. The van der Waals surface area contributed by atoms with E-state index in [1.165, 1.54) is 11.6 Å². The summed E-state index contributed by atoms with van der Waals surface area (Å²) in [6, 6.07) is 6.40. The number of piperidine rings is 1. The van der Waals surface area contributed by atoms with Crippen LogP contribution in [-0.4, -0.2) is 68.5 Å². The summed E-state index contributed by atoms with van der Waals surface area (Å²) in [5, 5.41) is 7.63. The number of Topliss-reactive ketones (excluding diaryl/α,β-unsaturated/α-hetero) is 2. The summed E-state index contributed by atoms with van der Waals surface area (Å²) >= 11 is 3.39. The first-order valence-corrected chi connectivity index (χ1v) is 15.0. The van der Waals surface area contributed by atoms with Gasteiger partial charge in [0.2, 0.25) is 5.91 Å². The highest BCUT2D eigenvalue weighted by atomic mass is 79.9. The number of hydrogen-bond donors (Lipinski definition) is 1. The molecule has 2 bridgehead atoms. The highest BCUT2D eigenvalue weighted by molar-refractivity contribution is 9.10. The number of carbonyl (C=O) groups is 4. The van der Waals surface area contributed by atoms with Gasteiger partial charge in [-0.05, 0) is 64.9 Å². The molecular formula is C31H32BrN5O6. The molecule has 1 aromatic carbocycles. The standard InChI is InChI=1S/C31H32BrN5O6/c1-17-6-7-26(32)34-22(17)12-24(39)23-13-31(3)14-25(31)37(23)27(40)15-36-29-19-10-20(11-21(29)28(35-36)18(2)38)43-30(41)33-8-4-5-9-42-16-19/h4-7,10-11,23,25H,8-9,12-16H2,1-3H3,(H,33,41)/b5-4-/t23-,25+,31-/m0/s1. The van der Waals surface area contributed by atoms with Gasteiger partial charge in [-0.2, -0.15) is 5.10 Å². The first-order chi connectivity index (χ1) is 20.5. The van der Waals surface area contributed by atoms with E-state index in [0.717, 1.165) is 12.0 Å². The summed E-state index contributed by atoms with van der Waals surface area (Å²) in [5.74, 6) is -0.354. The minimum atomic E-state index is -0.631. The van der Waals surface area contributed by atoms with Gasteiger partial charge >= 0.3 is 6.09 Å². The number of nitrogens with zero attached hydrogens (tertiary/aromatic N) is 4. The third-order valence-electron chi connectivity index (χ3n) is 8.53. The summed E-state index contributed by atoms with van der Waals surface area (Å²) in [6.07, 6.45) is 4.49. The summed E-state index contributed by atoms with van der Waals surface area (Å²) in [6.45, 7) is 6.00. The number of fused-ring (bicyclic) bond motifs is 5. The second-order valence-corrected chi connectivity index (χ2v) is 12.5. The maximum absolute atomic E-state index is 14.0. The SMILES string of the molecule is CC(=O)c1nn(CC(=O)N2[C@H](C(=O)Cc3nc(Br)ccc3C)C[C@@]3(C)C[C@@H]23)c2c3cc(cc12)OC(=O)NC/C=C\COC3. The molecule has 0 radical (unpaired) electrons. The predicted octanol–water partition coefficient (Wildman–Crippen LogP) is 4.07. The lowest BCUT2D eigenvalue weighted by molar-refractivity contribution is -0.139. The Morgan fingerprint density at radius 2 is 2.00 bits per heavy atom. The maximum Gasteiger partial charge on any atom is 0.412 e. The van der Waals surface area contributed by atoms with Crippen molar-refractivity contribution in [1.82, 2.24) is 25.0 Å². The first kappa shape index (κ1) is 29.2. The molecule has 11 nitrogen and oxygen atoms in total. The number of nitrogens with one attached hydrogen (secondary N) is 1. The fourth-order valence-corrected chi connectivity index (χ4v) is 6.56. The Morgan fingerprint density at radius 1 is 1.19 bits per heavy atom. The maximum atomic E-state index is 14.0. The molecule has 1 N–H and O–H groups in total. The van der Waals surface area contributed by atoms with Crippen molar-refractivity contribution in [3.8, 4) is 5.75 Å². The molecule has 0 spiro atoms. The zero-order chi connectivity index (χ0) is 30.5. The number of aryl methyl sites for hydroxylation is 1. The largest absolute Gasteiger partial charge is 0.412 e. The van der Waals surface area contributed by atoms with Gasteiger partial charge in [-0.15, -0.1) is 0 Å². The lowest BCUT2D eigenvalue weighted by Gasteiger charge is -2.27. The number of halogens is 1. The van der Waals surface area contributed by atoms with Crippen molar-refractivity contribution in [1.29, 1.82) is 0 Å². The summed E-state index contributed by atoms with van der Waals surface area (Å²) in [7, 11) is 0. The Kier molecular flexibility index (Phi) is 7.67. The summed E-state index contributed by atoms with van der Waals surface area (Å²) in [4.78, 5) is 58.8. The number of aromatic nitrogens is 3. The van der Waals surface area contributed by atoms with E-state index in [2.05, 4.69) is 38.3 Å². The topological polar surface area (TPSA) is 133 Å². The Morgan fingerprint density at radius 3 is 2.79 bits per heavy atom. The van der Waals surface area contributed by atoms with E-state index in [4.69, 9.17) is 9.47 Å². The van der Waals surface area contributed by atoms with Gasteiger partial charge in [0, 0.05) is 30.5 Å². The van der Waals surface area contributed by atoms with Crippen LogP contribution in [0.1, 0.15) is 54.0 Å². The van der Waals surface area contributed by atoms with E-state index in [-0.39, 0.29) is 66.5 Å². The van der Waals surface area contributed by atoms with Crippen molar-refractivity contribution in [3.63, 3.8) is 0 Å². The van der Waals surface area contributed by atoms with Crippen molar-refractivity contribution in [2.24, 2.45) is 5.41 Å². The van der Waals surface area contributed by atoms with E-state index >= 15 is 0 Å². The van der Waals surface area contributed by atoms with Gasteiger partial charge < -0.3 is 19.7 Å². The molecule has 0 unspecified atom stereocenters. The zero-order valence-electron chi connectivity index (χ0n) is 24.2. The number of rotatable bonds is 6. The van der Waals surface area contributed by atoms with Crippen molar-refractivity contribution >= 4 is 50.4 Å². The number of benzene rings is 1. The minimum absolute atomic E-state index is 0.0294. The molecule has 2 aliphatic heterocycles. The first-order valence-electron chi connectivity index (χ1n) is 14.2. The second kappa shape index (κ2) is 11.3. The van der Waals surface area contributed by atoms with Crippen LogP contribution in [0.5, 0.6) is 5.75 Å². The molecule has 1 saturated carbocycles. The number of carbonyl (C=O) groups excluding carboxylic acids is 4. The van der Waals surface area contributed by atoms with Gasteiger partial charge in [-0.25, -0.2) is 9.78 Å². The van der Waals surface area contributed by atoms with Crippen molar-refractivity contribution < 1.29 is 28.7 Å². The Balaban J connectivity index is 1.33. The van der Waals surface area contributed by atoms with Gasteiger partial charge in [0.05, 0.1) is 36.9 Å². The van der Waals surface area contributed by atoms with Crippen LogP contribution in [0, 0.1) is 12.3 Å².